The van der Waals surface area contributed by atoms with Crippen LogP contribution in [0.5, 0.6) is 0 Å². The first kappa shape index (κ1) is 37.8. The zero-order valence-corrected chi connectivity index (χ0v) is 30.5. The Bertz CT molecular complexity index is 2060. The average molecular weight is 758 g/mol. The van der Waals surface area contributed by atoms with E-state index in [-0.39, 0.29) is 19.0 Å². The summed E-state index contributed by atoms with van der Waals surface area (Å²) in [4.78, 5) is 54.8. The number of halogens is 3. The molecule has 16 heteroatoms. The number of para-hydroxylation sites is 1. The van der Waals surface area contributed by atoms with Gasteiger partial charge < -0.3 is 15.4 Å². The number of anilines is 1. The van der Waals surface area contributed by atoms with Crippen LogP contribution in [-0.4, -0.2) is 112 Å². The summed E-state index contributed by atoms with van der Waals surface area (Å²) in [5, 5.41) is 10.3. The second-order valence-electron chi connectivity index (χ2n) is 13.7. The molecule has 3 aliphatic rings. The molecule has 2 fully saturated rings. The van der Waals surface area contributed by atoms with Crippen LogP contribution in [0.3, 0.4) is 0 Å². The van der Waals surface area contributed by atoms with Crippen molar-refractivity contribution >= 4 is 23.5 Å². The van der Waals surface area contributed by atoms with E-state index in [4.69, 9.17) is 4.74 Å². The summed E-state index contributed by atoms with van der Waals surface area (Å²) in [6.45, 7) is 9.70. The zero-order valence-electron chi connectivity index (χ0n) is 30.5. The quantitative estimate of drug-likeness (QED) is 0.220. The number of nitrogens with one attached hydrogen (secondary N) is 2. The van der Waals surface area contributed by atoms with Crippen molar-refractivity contribution in [2.45, 2.75) is 44.6 Å². The SMILES string of the molecule is C/C=C(\CN1CCN(C2COC2)CC1)C(=O)NCc1cccc([C@@H]2c3cnn(-c4ccccc4)c3N(CC)C(=O)[C@H]2NC(=O)c2nccc(C(F)(F)F)n2)c1. The minimum absolute atomic E-state index is 0.187. The van der Waals surface area contributed by atoms with E-state index in [1.165, 1.54) is 4.90 Å². The van der Waals surface area contributed by atoms with Crippen LogP contribution in [-0.2, 0) is 27.0 Å². The molecule has 3 amide bonds. The third-order valence-corrected chi connectivity index (χ3v) is 10.3. The molecule has 5 heterocycles. The van der Waals surface area contributed by atoms with Crippen molar-refractivity contribution in [1.82, 2.24) is 40.2 Å². The Morgan fingerprint density at radius 1 is 1.02 bits per heavy atom. The standard InChI is InChI=1S/C39H42F3N9O4/c1-3-26(22-48-15-17-49(18-16-48)29-23-55-24-29)35(52)44-20-25-9-8-10-27(19-25)32-30-21-45-51(28-11-6-5-7-12-28)37(30)50(4-2)38(54)33(32)47-36(53)34-43-14-13-31(46-34)39(40,41)42/h3,5-14,19,21,29,32-33H,4,15-18,20,22-24H2,1-2H3,(H,44,52)(H,47,53)/b26-3+/t32-,33+/m1/s1. The molecule has 4 aromatic rings. The Balaban J connectivity index is 1.14. The van der Waals surface area contributed by atoms with Gasteiger partial charge in [-0.25, -0.2) is 14.6 Å². The molecule has 2 aromatic carbocycles. The van der Waals surface area contributed by atoms with Gasteiger partial charge in [-0.1, -0.05) is 48.5 Å². The Morgan fingerprint density at radius 2 is 1.78 bits per heavy atom. The third kappa shape index (κ3) is 8.02. The number of benzene rings is 2. The monoisotopic (exact) mass is 757 g/mol. The average Bonchev–Trinajstić information content (AvgIpc) is 3.61. The van der Waals surface area contributed by atoms with Gasteiger partial charge >= 0.3 is 6.18 Å². The topological polar surface area (TPSA) is 138 Å². The first-order chi connectivity index (χ1) is 26.5. The van der Waals surface area contributed by atoms with Crippen LogP contribution >= 0.6 is 0 Å². The predicted octanol–water partition coefficient (Wildman–Crippen LogP) is 3.56. The smallest absolute Gasteiger partial charge is 0.378 e. The molecule has 7 rings (SSSR count). The Hall–Kier alpha value is -5.45. The first-order valence-electron chi connectivity index (χ1n) is 18.3. The summed E-state index contributed by atoms with van der Waals surface area (Å²) in [6.07, 6.45) is -0.480. The van der Waals surface area contributed by atoms with Crippen molar-refractivity contribution in [1.29, 1.82) is 0 Å². The van der Waals surface area contributed by atoms with Crippen LogP contribution in [0.2, 0.25) is 0 Å². The van der Waals surface area contributed by atoms with Gasteiger partial charge in [0, 0.05) is 69.1 Å². The van der Waals surface area contributed by atoms with Gasteiger partial charge in [-0.05, 0) is 43.2 Å². The van der Waals surface area contributed by atoms with Gasteiger partial charge in [-0.15, -0.1) is 0 Å². The summed E-state index contributed by atoms with van der Waals surface area (Å²) in [5.74, 6) is -2.75. The van der Waals surface area contributed by atoms with Gasteiger partial charge in [0.15, 0.2) is 0 Å². The number of amides is 3. The molecule has 2 N–H and O–H groups in total. The molecule has 288 valence electrons. The van der Waals surface area contributed by atoms with E-state index in [0.717, 1.165) is 51.2 Å². The van der Waals surface area contributed by atoms with Gasteiger partial charge in [0.05, 0.1) is 31.1 Å². The summed E-state index contributed by atoms with van der Waals surface area (Å²) in [5.41, 5.74) is 2.07. The number of carbonyl (C=O) groups is 3. The number of nitrogens with zero attached hydrogens (tertiary/aromatic N) is 7. The number of alkyl halides is 3. The number of fused-ring (bicyclic) bond motifs is 1. The molecular weight excluding hydrogens is 715 g/mol. The lowest BCUT2D eigenvalue weighted by Gasteiger charge is -2.42. The highest BCUT2D eigenvalue weighted by molar-refractivity contribution is 6.04. The van der Waals surface area contributed by atoms with Crippen LogP contribution in [0.25, 0.3) is 5.69 Å². The largest absolute Gasteiger partial charge is 0.433 e. The molecule has 0 bridgehead atoms. The fraction of sp³-hybridized carbons (Fsp3) is 0.385. The molecule has 0 saturated carbocycles. The minimum Gasteiger partial charge on any atom is -0.378 e. The fourth-order valence-electron chi connectivity index (χ4n) is 7.30. The molecule has 13 nitrogen and oxygen atoms in total. The van der Waals surface area contributed by atoms with Crippen molar-refractivity contribution in [2.75, 3.05) is 57.4 Å². The van der Waals surface area contributed by atoms with E-state index in [2.05, 4.69) is 35.5 Å². The number of piperazine rings is 1. The highest BCUT2D eigenvalue weighted by atomic mass is 19.4. The number of hydrogen-bond donors (Lipinski definition) is 2. The number of carbonyl (C=O) groups excluding carboxylic acids is 3. The molecule has 0 unspecified atom stereocenters. The van der Waals surface area contributed by atoms with Crippen molar-refractivity contribution in [3.05, 3.63) is 113 Å². The summed E-state index contributed by atoms with van der Waals surface area (Å²) < 4.78 is 47.4. The fourth-order valence-corrected chi connectivity index (χ4v) is 7.30. The maximum absolute atomic E-state index is 14.4. The summed E-state index contributed by atoms with van der Waals surface area (Å²) in [6, 6.07) is 16.5. The lowest BCUT2D eigenvalue weighted by atomic mass is 9.82. The Morgan fingerprint density at radius 3 is 2.45 bits per heavy atom. The van der Waals surface area contributed by atoms with Crippen LogP contribution in [0.15, 0.2) is 84.7 Å². The van der Waals surface area contributed by atoms with E-state index in [1.54, 1.807) is 29.9 Å². The number of rotatable bonds is 11. The van der Waals surface area contributed by atoms with Gasteiger partial charge in [-0.3, -0.25) is 29.1 Å². The summed E-state index contributed by atoms with van der Waals surface area (Å²) >= 11 is 0. The molecule has 0 spiro atoms. The maximum atomic E-state index is 14.4. The lowest BCUT2D eigenvalue weighted by molar-refractivity contribution is -0.141. The molecule has 0 aliphatic carbocycles. The molecular formula is C39H42F3N9O4. The van der Waals surface area contributed by atoms with Crippen molar-refractivity contribution in [3.63, 3.8) is 0 Å². The molecule has 2 saturated heterocycles. The number of ether oxygens (including phenoxy) is 1. The molecule has 55 heavy (non-hydrogen) atoms. The Labute approximate surface area is 316 Å². The van der Waals surface area contributed by atoms with Crippen LogP contribution in [0, 0.1) is 0 Å². The van der Waals surface area contributed by atoms with E-state index in [1.807, 2.05) is 55.5 Å². The van der Waals surface area contributed by atoms with E-state index < -0.39 is 41.5 Å². The minimum atomic E-state index is -4.80. The molecule has 2 atom stereocenters. The van der Waals surface area contributed by atoms with Crippen LogP contribution in [0.4, 0.5) is 19.0 Å². The second-order valence-corrected chi connectivity index (χ2v) is 13.7. The maximum Gasteiger partial charge on any atom is 0.433 e. The van der Waals surface area contributed by atoms with Crippen LogP contribution in [0.1, 0.15) is 52.8 Å². The van der Waals surface area contributed by atoms with Crippen LogP contribution < -0.4 is 15.5 Å². The normalized spacial score (nSPS) is 19.8. The highest BCUT2D eigenvalue weighted by Crippen LogP contribution is 2.41. The first-order valence-corrected chi connectivity index (χ1v) is 18.3. The van der Waals surface area contributed by atoms with E-state index >= 15 is 0 Å². The second kappa shape index (κ2) is 16.1. The number of likely N-dealkylation sites (N-methyl/N-ethyl adjacent to an activating group) is 1. The van der Waals surface area contributed by atoms with Gasteiger partial charge in [0.2, 0.25) is 11.7 Å². The highest BCUT2D eigenvalue weighted by Gasteiger charge is 2.45. The third-order valence-electron chi connectivity index (χ3n) is 10.3. The number of aromatic nitrogens is 4. The van der Waals surface area contributed by atoms with Gasteiger partial charge in [0.1, 0.15) is 17.6 Å². The van der Waals surface area contributed by atoms with Crippen molar-refractivity contribution in [3.8, 4) is 5.69 Å². The van der Waals surface area contributed by atoms with Crippen molar-refractivity contribution in [2.24, 2.45) is 0 Å². The van der Waals surface area contributed by atoms with Gasteiger partial charge in [0.25, 0.3) is 11.8 Å². The lowest BCUT2D eigenvalue weighted by Crippen LogP contribution is -2.56. The van der Waals surface area contributed by atoms with E-state index in [9.17, 15) is 27.6 Å². The number of allylic oxidation sites excluding steroid dienone is 1. The van der Waals surface area contributed by atoms with Gasteiger partial charge in [-0.2, -0.15) is 18.3 Å². The number of hydrogen-bond acceptors (Lipinski definition) is 9. The predicted molar refractivity (Wildman–Crippen MR) is 196 cm³/mol. The molecule has 3 aliphatic heterocycles. The summed E-state index contributed by atoms with van der Waals surface area (Å²) in [7, 11) is 0. The molecule has 0 radical (unpaired) electrons. The Kier molecular flexibility index (Phi) is 11.1. The van der Waals surface area contributed by atoms with E-state index in [0.29, 0.717) is 46.9 Å². The molecule has 2 aromatic heterocycles. The zero-order chi connectivity index (χ0) is 38.7. The van der Waals surface area contributed by atoms with Crippen molar-refractivity contribution < 1.29 is 32.3 Å².